The first kappa shape index (κ1) is 17.0. The van der Waals surface area contributed by atoms with Crippen LogP contribution in [0, 0.1) is 0 Å². The monoisotopic (exact) mass is 349 g/mol. The van der Waals surface area contributed by atoms with Gasteiger partial charge in [-0.25, -0.2) is 5.43 Å². The van der Waals surface area contributed by atoms with Gasteiger partial charge in [-0.2, -0.15) is 5.10 Å². The quantitative estimate of drug-likeness (QED) is 0.506. The van der Waals surface area contributed by atoms with E-state index in [1.165, 1.54) is 6.07 Å². The van der Waals surface area contributed by atoms with Gasteiger partial charge in [0.05, 0.1) is 21.4 Å². The van der Waals surface area contributed by atoms with Crippen LogP contribution in [0.4, 0.5) is 5.69 Å². The van der Waals surface area contributed by atoms with Crippen molar-refractivity contribution >= 4 is 46.4 Å². The zero-order chi connectivity index (χ0) is 16.8. The van der Waals surface area contributed by atoms with Crippen molar-refractivity contribution in [2.24, 2.45) is 5.10 Å². The van der Waals surface area contributed by atoms with Crippen LogP contribution >= 0.6 is 23.2 Å². The largest absolute Gasteiger partial charge is 0.329 e. The van der Waals surface area contributed by atoms with Crippen molar-refractivity contribution in [3.8, 4) is 0 Å². The fraction of sp³-hybridized carbons (Fsp3) is 0.0625. The third-order valence-electron chi connectivity index (χ3n) is 2.92. The second kappa shape index (κ2) is 7.76. The van der Waals surface area contributed by atoms with E-state index in [1.54, 1.807) is 19.1 Å². The van der Waals surface area contributed by atoms with Gasteiger partial charge in [0.15, 0.2) is 0 Å². The standard InChI is InChI=1S/C16H13Cl2N3O2/c1-10(11-6-3-2-4-7-11)20-21-16(23)15(22)19-13-9-5-8-12(17)14(13)18/h2-9H,1H3,(H,19,22)(H,21,23)/b20-10+. The molecule has 118 valence electrons. The first-order valence-electron chi connectivity index (χ1n) is 6.64. The number of rotatable bonds is 3. The van der Waals surface area contributed by atoms with Crippen LogP contribution in [0.5, 0.6) is 0 Å². The zero-order valence-corrected chi connectivity index (χ0v) is 13.7. The maximum atomic E-state index is 11.8. The summed E-state index contributed by atoms with van der Waals surface area (Å²) in [6.45, 7) is 1.72. The molecule has 2 rings (SSSR count). The maximum Gasteiger partial charge on any atom is 0.329 e. The van der Waals surface area contributed by atoms with Crippen molar-refractivity contribution < 1.29 is 9.59 Å². The predicted octanol–water partition coefficient (Wildman–Crippen LogP) is 3.47. The second-order valence-corrected chi connectivity index (χ2v) is 5.34. The molecule has 0 radical (unpaired) electrons. The van der Waals surface area contributed by atoms with Crippen LogP contribution in [0.25, 0.3) is 0 Å². The lowest BCUT2D eigenvalue weighted by Crippen LogP contribution is -2.33. The van der Waals surface area contributed by atoms with Crippen molar-refractivity contribution in [3.63, 3.8) is 0 Å². The molecule has 0 saturated heterocycles. The molecule has 0 saturated carbocycles. The number of hydrogen-bond acceptors (Lipinski definition) is 3. The Hall–Kier alpha value is -2.37. The molecule has 2 N–H and O–H groups in total. The summed E-state index contributed by atoms with van der Waals surface area (Å²) in [4.78, 5) is 23.6. The van der Waals surface area contributed by atoms with Crippen molar-refractivity contribution in [3.05, 3.63) is 64.1 Å². The molecule has 7 heteroatoms. The summed E-state index contributed by atoms with van der Waals surface area (Å²) >= 11 is 11.8. The molecule has 0 aliphatic heterocycles. The average Bonchev–Trinajstić information content (AvgIpc) is 2.57. The Kier molecular flexibility index (Phi) is 5.73. The van der Waals surface area contributed by atoms with Crippen molar-refractivity contribution in [1.29, 1.82) is 0 Å². The Bertz CT molecular complexity index is 761. The molecule has 0 atom stereocenters. The summed E-state index contributed by atoms with van der Waals surface area (Å²) < 4.78 is 0. The number of benzene rings is 2. The molecule has 0 aliphatic carbocycles. The number of halogens is 2. The summed E-state index contributed by atoms with van der Waals surface area (Å²) in [5.74, 6) is -1.80. The minimum atomic E-state index is -0.906. The highest BCUT2D eigenvalue weighted by Gasteiger charge is 2.15. The number of anilines is 1. The number of hydrogen-bond donors (Lipinski definition) is 2. The topological polar surface area (TPSA) is 70.6 Å². The highest BCUT2D eigenvalue weighted by molar-refractivity contribution is 6.45. The fourth-order valence-corrected chi connectivity index (χ4v) is 2.06. The van der Waals surface area contributed by atoms with Gasteiger partial charge in [-0.05, 0) is 24.6 Å². The molecule has 0 fully saturated rings. The normalized spacial score (nSPS) is 11.0. The van der Waals surface area contributed by atoms with Crippen molar-refractivity contribution in [1.82, 2.24) is 5.43 Å². The Labute approximate surface area is 143 Å². The molecule has 2 aromatic rings. The van der Waals surface area contributed by atoms with Gasteiger partial charge in [0.25, 0.3) is 0 Å². The van der Waals surface area contributed by atoms with Crippen LogP contribution in [-0.2, 0) is 9.59 Å². The number of nitrogens with zero attached hydrogens (tertiary/aromatic N) is 1. The van der Waals surface area contributed by atoms with Crippen LogP contribution in [0.3, 0.4) is 0 Å². The van der Waals surface area contributed by atoms with E-state index in [4.69, 9.17) is 23.2 Å². The van der Waals surface area contributed by atoms with Gasteiger partial charge < -0.3 is 5.32 Å². The van der Waals surface area contributed by atoms with Gasteiger partial charge >= 0.3 is 11.8 Å². The Morgan fingerprint density at radius 1 is 0.957 bits per heavy atom. The Morgan fingerprint density at radius 2 is 1.65 bits per heavy atom. The number of hydrazone groups is 1. The molecular formula is C16H13Cl2N3O2. The number of carbonyl (C=O) groups excluding carboxylic acids is 2. The van der Waals surface area contributed by atoms with Crippen LogP contribution in [0.2, 0.25) is 10.0 Å². The van der Waals surface area contributed by atoms with Crippen LogP contribution < -0.4 is 10.7 Å². The van der Waals surface area contributed by atoms with E-state index in [1.807, 2.05) is 30.3 Å². The van der Waals surface area contributed by atoms with E-state index in [2.05, 4.69) is 15.8 Å². The first-order valence-corrected chi connectivity index (χ1v) is 7.39. The fourth-order valence-electron chi connectivity index (χ4n) is 1.71. The summed E-state index contributed by atoms with van der Waals surface area (Å²) in [7, 11) is 0. The lowest BCUT2D eigenvalue weighted by molar-refractivity contribution is -0.136. The summed E-state index contributed by atoms with van der Waals surface area (Å²) in [5, 5.41) is 6.72. The highest BCUT2D eigenvalue weighted by Crippen LogP contribution is 2.29. The number of nitrogens with one attached hydrogen (secondary N) is 2. The third kappa shape index (κ3) is 4.55. The van der Waals surface area contributed by atoms with E-state index < -0.39 is 11.8 Å². The molecule has 0 aliphatic rings. The van der Waals surface area contributed by atoms with Gasteiger partial charge in [-0.3, -0.25) is 9.59 Å². The Morgan fingerprint density at radius 3 is 2.35 bits per heavy atom. The highest BCUT2D eigenvalue weighted by atomic mass is 35.5. The third-order valence-corrected chi connectivity index (χ3v) is 3.74. The summed E-state index contributed by atoms with van der Waals surface area (Å²) in [6.07, 6.45) is 0. The number of amides is 2. The molecular weight excluding hydrogens is 337 g/mol. The molecule has 0 bridgehead atoms. The molecule has 2 amide bonds. The minimum absolute atomic E-state index is 0.166. The second-order valence-electron chi connectivity index (χ2n) is 4.56. The molecule has 0 aromatic heterocycles. The van der Waals surface area contributed by atoms with Gasteiger partial charge in [0.1, 0.15) is 0 Å². The molecule has 0 unspecified atom stereocenters. The SMILES string of the molecule is C/C(=N\NC(=O)C(=O)Nc1cccc(Cl)c1Cl)c1ccccc1. The molecule has 0 spiro atoms. The Balaban J connectivity index is 2.01. The van der Waals surface area contributed by atoms with Crippen LogP contribution in [-0.4, -0.2) is 17.5 Å². The van der Waals surface area contributed by atoms with Gasteiger partial charge in [-0.15, -0.1) is 0 Å². The minimum Gasteiger partial charge on any atom is -0.316 e. The van der Waals surface area contributed by atoms with E-state index in [9.17, 15) is 9.59 Å². The molecule has 5 nitrogen and oxygen atoms in total. The maximum absolute atomic E-state index is 11.8. The molecule has 0 heterocycles. The van der Waals surface area contributed by atoms with E-state index in [0.29, 0.717) is 5.71 Å². The predicted molar refractivity (Wildman–Crippen MR) is 91.9 cm³/mol. The van der Waals surface area contributed by atoms with Crippen molar-refractivity contribution in [2.75, 3.05) is 5.32 Å². The zero-order valence-electron chi connectivity index (χ0n) is 12.1. The lowest BCUT2D eigenvalue weighted by atomic mass is 10.1. The van der Waals surface area contributed by atoms with Crippen molar-refractivity contribution in [2.45, 2.75) is 6.92 Å². The van der Waals surface area contributed by atoms with Gasteiger partial charge in [0, 0.05) is 0 Å². The smallest absolute Gasteiger partial charge is 0.316 e. The first-order chi connectivity index (χ1) is 11.0. The van der Waals surface area contributed by atoms with E-state index >= 15 is 0 Å². The van der Waals surface area contributed by atoms with Crippen LogP contribution in [0.15, 0.2) is 53.6 Å². The lowest BCUT2D eigenvalue weighted by Gasteiger charge is -2.07. The summed E-state index contributed by atoms with van der Waals surface area (Å²) in [5.41, 5.74) is 3.86. The van der Waals surface area contributed by atoms with Crippen LogP contribution in [0.1, 0.15) is 12.5 Å². The number of carbonyl (C=O) groups is 2. The van der Waals surface area contributed by atoms with E-state index in [-0.39, 0.29) is 15.7 Å². The van der Waals surface area contributed by atoms with E-state index in [0.717, 1.165) is 5.56 Å². The van der Waals surface area contributed by atoms with Gasteiger partial charge in [0.2, 0.25) is 0 Å². The summed E-state index contributed by atoms with van der Waals surface area (Å²) in [6, 6.07) is 14.0. The average molecular weight is 350 g/mol. The molecule has 2 aromatic carbocycles. The van der Waals surface area contributed by atoms with Gasteiger partial charge in [-0.1, -0.05) is 59.6 Å². The molecule has 23 heavy (non-hydrogen) atoms.